The number of allylic oxidation sites excluding steroid dienone is 33. The molecule has 0 radical (unpaired) electrons. The fourth-order valence-electron chi connectivity index (χ4n) is 7.70. The van der Waals surface area contributed by atoms with Gasteiger partial charge in [-0.3, -0.25) is 14.4 Å². The molecule has 0 aliphatic carbocycles. The van der Waals surface area contributed by atoms with Gasteiger partial charge in [-0.1, -0.05) is 266 Å². The third-order valence-corrected chi connectivity index (χ3v) is 12.3. The zero-order valence-electron chi connectivity index (χ0n) is 51.2. The maximum absolute atomic E-state index is 12.9. The summed E-state index contributed by atoms with van der Waals surface area (Å²) in [5, 5.41) is 0. The lowest BCUT2D eigenvalue weighted by Gasteiger charge is -2.18. The van der Waals surface area contributed by atoms with Crippen LogP contribution in [0.3, 0.4) is 0 Å². The summed E-state index contributed by atoms with van der Waals surface area (Å²) in [6.07, 6.45) is 103. The van der Waals surface area contributed by atoms with Crippen LogP contribution in [0.2, 0.25) is 0 Å². The fourth-order valence-corrected chi connectivity index (χ4v) is 7.70. The molecule has 0 aromatic carbocycles. The lowest BCUT2D eigenvalue weighted by atomic mass is 10.1. The highest BCUT2D eigenvalue weighted by atomic mass is 16.6. The third kappa shape index (κ3) is 64.7. The molecule has 0 spiro atoms. The minimum atomic E-state index is -0.855. The zero-order valence-corrected chi connectivity index (χ0v) is 51.2. The maximum Gasteiger partial charge on any atom is 0.309 e. The number of ether oxygens (including phenoxy) is 3. The van der Waals surface area contributed by atoms with Crippen molar-refractivity contribution >= 4 is 17.9 Å². The molecular formula is C75H112O6. The Morgan fingerprint density at radius 1 is 0.259 bits per heavy atom. The number of hydrogen-bond acceptors (Lipinski definition) is 6. The Morgan fingerprint density at radius 2 is 0.494 bits per heavy atom. The summed E-state index contributed by atoms with van der Waals surface area (Å²) < 4.78 is 16.8. The highest BCUT2D eigenvalue weighted by Crippen LogP contribution is 2.13. The van der Waals surface area contributed by atoms with E-state index in [1.165, 1.54) is 19.3 Å². The van der Waals surface area contributed by atoms with E-state index in [0.717, 1.165) is 154 Å². The second-order valence-corrected chi connectivity index (χ2v) is 19.8. The van der Waals surface area contributed by atoms with E-state index in [4.69, 9.17) is 14.2 Å². The Labute approximate surface area is 496 Å². The molecule has 0 N–H and O–H groups in total. The van der Waals surface area contributed by atoms with E-state index >= 15 is 0 Å². The largest absolute Gasteiger partial charge is 0.462 e. The lowest BCUT2D eigenvalue weighted by molar-refractivity contribution is -0.166. The first-order valence-electron chi connectivity index (χ1n) is 31.6. The van der Waals surface area contributed by atoms with E-state index in [0.29, 0.717) is 19.3 Å². The van der Waals surface area contributed by atoms with Crippen LogP contribution in [-0.2, 0) is 28.6 Å². The molecule has 0 fully saturated rings. The standard InChI is InChI=1S/C75H112O6/c1-4-7-10-13-16-19-22-25-28-30-32-33-34-35-36-37-38-39-40-41-43-44-47-50-53-56-59-62-65-68-74(77)80-71-72(70-79-73(76)67-64-61-58-55-52-49-46-27-24-21-18-15-12-9-6-3)81-75(78)69-66-63-60-57-54-51-48-45-42-31-29-26-23-20-17-14-11-8-5-2/h7-12,16-21,25-29,32-33,35-36,38-39,41-43,45-46,51-52,54-55,61,64,72H,4-6,13-15,22-24,30-31,34,37,40,44,47-50,53,56-60,62-63,65-71H2,1-3H3/b10-7-,11-8-,12-9-,19-16-,20-17-,21-18-,28-25-,29-26-,33-32-,36-35-,39-38-,43-41-,45-42-,46-27-,54-51-,55-52-,64-61-. The van der Waals surface area contributed by atoms with Crippen LogP contribution in [0.5, 0.6) is 0 Å². The predicted molar refractivity (Wildman–Crippen MR) is 352 cm³/mol. The molecule has 1 atom stereocenters. The van der Waals surface area contributed by atoms with Crippen LogP contribution in [0.15, 0.2) is 207 Å². The number of hydrogen-bond donors (Lipinski definition) is 0. The van der Waals surface area contributed by atoms with Gasteiger partial charge in [-0.2, -0.15) is 0 Å². The average Bonchev–Trinajstić information content (AvgIpc) is 3.47. The highest BCUT2D eigenvalue weighted by molar-refractivity contribution is 5.72. The van der Waals surface area contributed by atoms with Crippen LogP contribution in [0.4, 0.5) is 0 Å². The van der Waals surface area contributed by atoms with Gasteiger partial charge < -0.3 is 14.2 Å². The van der Waals surface area contributed by atoms with Crippen LogP contribution < -0.4 is 0 Å². The second-order valence-electron chi connectivity index (χ2n) is 19.8. The lowest BCUT2D eigenvalue weighted by Crippen LogP contribution is -2.30. The van der Waals surface area contributed by atoms with Gasteiger partial charge in [0.1, 0.15) is 13.2 Å². The molecule has 0 rings (SSSR count). The van der Waals surface area contributed by atoms with Gasteiger partial charge in [-0.25, -0.2) is 0 Å². The third-order valence-electron chi connectivity index (χ3n) is 12.3. The first-order valence-corrected chi connectivity index (χ1v) is 31.6. The molecule has 448 valence electrons. The van der Waals surface area contributed by atoms with E-state index in [-0.39, 0.29) is 38.0 Å². The minimum absolute atomic E-state index is 0.106. The average molecular weight is 1110 g/mol. The van der Waals surface area contributed by atoms with Crippen molar-refractivity contribution in [3.05, 3.63) is 207 Å². The van der Waals surface area contributed by atoms with Crippen molar-refractivity contribution in [1.82, 2.24) is 0 Å². The van der Waals surface area contributed by atoms with Crippen LogP contribution >= 0.6 is 0 Å². The number of carbonyl (C=O) groups excluding carboxylic acids is 3. The molecule has 81 heavy (non-hydrogen) atoms. The molecule has 0 aromatic heterocycles. The first-order chi connectivity index (χ1) is 40.0. The Bertz CT molecular complexity index is 2000. The quantitative estimate of drug-likeness (QED) is 0.0261. The molecule has 0 amide bonds. The molecule has 0 heterocycles. The van der Waals surface area contributed by atoms with Gasteiger partial charge in [0, 0.05) is 12.8 Å². The fraction of sp³-hybridized carbons (Fsp3) is 0.507. The summed E-state index contributed by atoms with van der Waals surface area (Å²) in [6, 6.07) is 0. The van der Waals surface area contributed by atoms with Gasteiger partial charge in [0.05, 0.1) is 6.42 Å². The molecular weight excluding hydrogens is 997 g/mol. The zero-order chi connectivity index (χ0) is 58.5. The minimum Gasteiger partial charge on any atom is -0.462 e. The summed E-state index contributed by atoms with van der Waals surface area (Å²) >= 11 is 0. The Balaban J connectivity index is 4.53. The highest BCUT2D eigenvalue weighted by Gasteiger charge is 2.19. The number of carbonyl (C=O) groups is 3. The van der Waals surface area contributed by atoms with Crippen LogP contribution in [-0.4, -0.2) is 37.2 Å². The van der Waals surface area contributed by atoms with Crippen LogP contribution in [0, 0.1) is 0 Å². The summed E-state index contributed by atoms with van der Waals surface area (Å²) in [6.45, 7) is 6.15. The monoisotopic (exact) mass is 1110 g/mol. The Hall–Kier alpha value is -6.01. The maximum atomic E-state index is 12.9. The van der Waals surface area contributed by atoms with Crippen molar-refractivity contribution in [2.24, 2.45) is 0 Å². The van der Waals surface area contributed by atoms with Gasteiger partial charge in [0.15, 0.2) is 6.10 Å². The van der Waals surface area contributed by atoms with Gasteiger partial charge in [-0.15, -0.1) is 0 Å². The van der Waals surface area contributed by atoms with Crippen molar-refractivity contribution in [3.63, 3.8) is 0 Å². The second kappa shape index (κ2) is 66.5. The molecule has 6 nitrogen and oxygen atoms in total. The topological polar surface area (TPSA) is 78.9 Å². The summed E-state index contributed by atoms with van der Waals surface area (Å²) in [7, 11) is 0. The summed E-state index contributed by atoms with van der Waals surface area (Å²) in [5.74, 6) is -1.13. The smallest absolute Gasteiger partial charge is 0.309 e. The van der Waals surface area contributed by atoms with Crippen molar-refractivity contribution in [2.45, 2.75) is 232 Å². The number of rotatable bonds is 54. The van der Waals surface area contributed by atoms with Gasteiger partial charge in [0.25, 0.3) is 0 Å². The molecule has 0 aromatic rings. The molecule has 0 aliphatic heterocycles. The summed E-state index contributed by atoms with van der Waals surface area (Å²) in [4.78, 5) is 38.2. The summed E-state index contributed by atoms with van der Waals surface area (Å²) in [5.41, 5.74) is 0. The van der Waals surface area contributed by atoms with E-state index in [2.05, 4.69) is 215 Å². The molecule has 0 saturated carbocycles. The van der Waals surface area contributed by atoms with Crippen LogP contribution in [0.25, 0.3) is 0 Å². The van der Waals surface area contributed by atoms with Crippen molar-refractivity contribution in [3.8, 4) is 0 Å². The molecule has 0 aliphatic rings. The molecule has 1 unspecified atom stereocenters. The number of esters is 3. The molecule has 6 heteroatoms. The van der Waals surface area contributed by atoms with Crippen LogP contribution in [0.1, 0.15) is 226 Å². The van der Waals surface area contributed by atoms with Gasteiger partial charge in [-0.05, 0) is 148 Å². The first kappa shape index (κ1) is 75.0. The van der Waals surface area contributed by atoms with Crippen molar-refractivity contribution in [1.29, 1.82) is 0 Å². The van der Waals surface area contributed by atoms with E-state index < -0.39 is 12.1 Å². The Kier molecular flexibility index (Phi) is 61.6. The molecule has 0 saturated heterocycles. The molecule has 0 bridgehead atoms. The van der Waals surface area contributed by atoms with E-state index in [1.54, 1.807) is 6.08 Å². The Morgan fingerprint density at radius 3 is 0.815 bits per heavy atom. The predicted octanol–water partition coefficient (Wildman–Crippen LogP) is 22.0. The van der Waals surface area contributed by atoms with E-state index in [1.807, 2.05) is 6.08 Å². The normalized spacial score (nSPS) is 13.6. The SMILES string of the molecule is CC/C=C\C/C=C\C/C=C\C/C=C\C/C=C\C/C=C\C/C=C\CCCCCCCCCC(=O)OCC(COC(=O)C/C=C\C/C=C\C/C=C\C/C=C\C/C=C\CC)OC(=O)CCCCC/C=C\C/C=C\C/C=C\C/C=C\C/C=C\CC. The van der Waals surface area contributed by atoms with Crippen molar-refractivity contribution < 1.29 is 28.6 Å². The van der Waals surface area contributed by atoms with Gasteiger partial charge in [0.2, 0.25) is 0 Å². The van der Waals surface area contributed by atoms with Crippen molar-refractivity contribution in [2.75, 3.05) is 13.2 Å². The van der Waals surface area contributed by atoms with Gasteiger partial charge >= 0.3 is 17.9 Å². The van der Waals surface area contributed by atoms with E-state index in [9.17, 15) is 14.4 Å². The number of unbranched alkanes of at least 4 members (excludes halogenated alkanes) is 10.